The zero-order valence-corrected chi connectivity index (χ0v) is 16.2. The van der Waals surface area contributed by atoms with Crippen LogP contribution >= 0.6 is 0 Å². The van der Waals surface area contributed by atoms with Crippen LogP contribution in [0, 0.1) is 0 Å². The zero-order chi connectivity index (χ0) is 18.8. The first-order valence-corrected chi connectivity index (χ1v) is 9.62. The van der Waals surface area contributed by atoms with Crippen LogP contribution in [0.15, 0.2) is 42.5 Å². The number of fused-ring (bicyclic) bond motifs is 1. The topological polar surface area (TPSA) is 43.8 Å². The van der Waals surface area contributed by atoms with Crippen LogP contribution in [0.1, 0.15) is 31.2 Å². The number of carbonyl (C=O) groups is 1. The van der Waals surface area contributed by atoms with E-state index in [1.807, 2.05) is 0 Å². The van der Waals surface area contributed by atoms with Crippen LogP contribution in [0.25, 0.3) is 10.8 Å². The highest BCUT2D eigenvalue weighted by atomic mass is 16.4. The van der Waals surface area contributed by atoms with Crippen molar-refractivity contribution in [2.45, 2.75) is 32.1 Å². The highest BCUT2D eigenvalue weighted by Gasteiger charge is 2.08. The first-order valence-electron chi connectivity index (χ1n) is 9.62. The van der Waals surface area contributed by atoms with Crippen LogP contribution in [-0.4, -0.2) is 61.2 Å². The van der Waals surface area contributed by atoms with Gasteiger partial charge in [0, 0.05) is 26.1 Å². The van der Waals surface area contributed by atoms with Gasteiger partial charge in [0.15, 0.2) is 0 Å². The SMILES string of the molecule is CN(C)CCN(CCCCCC(=O)O)CCc1cccc2ccccc12. The maximum atomic E-state index is 10.6. The lowest BCUT2D eigenvalue weighted by molar-refractivity contribution is -0.137. The fourth-order valence-corrected chi connectivity index (χ4v) is 3.25. The summed E-state index contributed by atoms with van der Waals surface area (Å²) in [5.74, 6) is -0.689. The van der Waals surface area contributed by atoms with Crippen LogP contribution in [0.3, 0.4) is 0 Å². The molecule has 26 heavy (non-hydrogen) atoms. The van der Waals surface area contributed by atoms with Crippen LogP contribution < -0.4 is 0 Å². The lowest BCUT2D eigenvalue weighted by Gasteiger charge is -2.24. The van der Waals surface area contributed by atoms with Gasteiger partial charge in [0.25, 0.3) is 0 Å². The van der Waals surface area contributed by atoms with E-state index < -0.39 is 5.97 Å². The molecule has 0 spiro atoms. The van der Waals surface area contributed by atoms with E-state index in [9.17, 15) is 4.79 Å². The Bertz CT molecular complexity index is 679. The summed E-state index contributed by atoms with van der Waals surface area (Å²) in [5.41, 5.74) is 1.41. The fraction of sp³-hybridized carbons (Fsp3) is 0.500. The molecule has 0 heterocycles. The molecular weight excluding hydrogens is 324 g/mol. The molecule has 0 radical (unpaired) electrons. The van der Waals surface area contributed by atoms with Crippen molar-refractivity contribution in [2.75, 3.05) is 40.3 Å². The lowest BCUT2D eigenvalue weighted by Crippen LogP contribution is -2.34. The van der Waals surface area contributed by atoms with Crippen molar-refractivity contribution < 1.29 is 9.90 Å². The second-order valence-electron chi connectivity index (χ2n) is 7.24. The van der Waals surface area contributed by atoms with Crippen LogP contribution in [0.5, 0.6) is 0 Å². The molecule has 0 bridgehead atoms. The number of carboxylic acid groups (broad SMARTS) is 1. The molecule has 0 saturated carbocycles. The van der Waals surface area contributed by atoms with E-state index in [4.69, 9.17) is 5.11 Å². The Morgan fingerprint density at radius 2 is 1.65 bits per heavy atom. The molecule has 0 unspecified atom stereocenters. The van der Waals surface area contributed by atoms with Crippen molar-refractivity contribution in [2.24, 2.45) is 0 Å². The second kappa shape index (κ2) is 10.9. The maximum Gasteiger partial charge on any atom is 0.303 e. The smallest absolute Gasteiger partial charge is 0.303 e. The summed E-state index contributed by atoms with van der Waals surface area (Å²) in [6, 6.07) is 15.1. The van der Waals surface area contributed by atoms with Gasteiger partial charge >= 0.3 is 5.97 Å². The number of benzene rings is 2. The van der Waals surface area contributed by atoms with Crippen molar-refractivity contribution in [1.29, 1.82) is 0 Å². The summed E-state index contributed by atoms with van der Waals surface area (Å²) >= 11 is 0. The second-order valence-corrected chi connectivity index (χ2v) is 7.24. The average molecular weight is 357 g/mol. The van der Waals surface area contributed by atoms with Gasteiger partial charge in [-0.05, 0) is 56.2 Å². The van der Waals surface area contributed by atoms with E-state index in [0.29, 0.717) is 0 Å². The highest BCUT2D eigenvalue weighted by molar-refractivity contribution is 5.85. The monoisotopic (exact) mass is 356 g/mol. The third-order valence-electron chi connectivity index (χ3n) is 4.81. The lowest BCUT2D eigenvalue weighted by atomic mass is 10.0. The van der Waals surface area contributed by atoms with Gasteiger partial charge in [0.05, 0.1) is 0 Å². The molecular formula is C22H32N2O2. The van der Waals surface area contributed by atoms with E-state index in [0.717, 1.165) is 51.9 Å². The van der Waals surface area contributed by atoms with Crippen molar-refractivity contribution in [3.05, 3.63) is 48.0 Å². The summed E-state index contributed by atoms with van der Waals surface area (Å²) in [4.78, 5) is 15.4. The first-order chi connectivity index (χ1) is 12.6. The van der Waals surface area contributed by atoms with Crippen molar-refractivity contribution in [3.8, 4) is 0 Å². The number of carboxylic acids is 1. The third kappa shape index (κ3) is 7.14. The van der Waals surface area contributed by atoms with E-state index in [-0.39, 0.29) is 6.42 Å². The minimum atomic E-state index is -0.689. The van der Waals surface area contributed by atoms with Crippen LogP contribution in [-0.2, 0) is 11.2 Å². The normalized spacial score (nSPS) is 11.5. The summed E-state index contributed by atoms with van der Waals surface area (Å²) in [5, 5.41) is 11.4. The molecule has 2 aromatic carbocycles. The Balaban J connectivity index is 1.89. The summed E-state index contributed by atoms with van der Waals surface area (Å²) in [7, 11) is 4.21. The van der Waals surface area contributed by atoms with E-state index >= 15 is 0 Å². The first kappa shape index (κ1) is 20.4. The molecule has 0 atom stereocenters. The molecule has 0 aliphatic rings. The summed E-state index contributed by atoms with van der Waals surface area (Å²) in [6.07, 6.45) is 4.16. The quantitative estimate of drug-likeness (QED) is 0.586. The van der Waals surface area contributed by atoms with Crippen LogP contribution in [0.4, 0.5) is 0 Å². The van der Waals surface area contributed by atoms with Gasteiger partial charge in [-0.15, -0.1) is 0 Å². The minimum absolute atomic E-state index is 0.285. The van der Waals surface area contributed by atoms with Crippen molar-refractivity contribution >= 4 is 16.7 Å². The molecule has 1 N–H and O–H groups in total. The molecule has 4 nitrogen and oxygen atoms in total. The summed E-state index contributed by atoms with van der Waals surface area (Å²) < 4.78 is 0. The standard InChI is InChI=1S/C22H32N2O2/c1-23(2)17-18-24(15-7-3-4-13-22(25)26)16-14-20-11-8-10-19-9-5-6-12-21(19)20/h5-6,8-12H,3-4,7,13-18H2,1-2H3,(H,25,26). The Labute approximate surface area is 157 Å². The number of hydrogen-bond donors (Lipinski definition) is 1. The third-order valence-corrected chi connectivity index (χ3v) is 4.81. The van der Waals surface area contributed by atoms with E-state index in [2.05, 4.69) is 66.4 Å². The predicted octanol–water partition coefficient (Wildman–Crippen LogP) is 3.89. The van der Waals surface area contributed by atoms with Gasteiger partial charge in [-0.1, -0.05) is 48.9 Å². The number of rotatable bonds is 12. The molecule has 2 aromatic rings. The molecule has 0 saturated heterocycles. The molecule has 0 amide bonds. The number of aliphatic carboxylic acids is 1. The van der Waals surface area contributed by atoms with Gasteiger partial charge in [0.1, 0.15) is 0 Å². The molecule has 0 fully saturated rings. The maximum absolute atomic E-state index is 10.6. The Morgan fingerprint density at radius 3 is 2.42 bits per heavy atom. The Morgan fingerprint density at radius 1 is 0.885 bits per heavy atom. The number of unbranched alkanes of at least 4 members (excludes halogenated alkanes) is 2. The van der Waals surface area contributed by atoms with Gasteiger partial charge in [-0.25, -0.2) is 0 Å². The van der Waals surface area contributed by atoms with Crippen molar-refractivity contribution in [1.82, 2.24) is 9.80 Å². The molecule has 142 valence electrons. The Hall–Kier alpha value is -1.91. The molecule has 2 rings (SSSR count). The summed E-state index contributed by atoms with van der Waals surface area (Å²) in [6.45, 7) is 4.18. The van der Waals surface area contributed by atoms with E-state index in [1.54, 1.807) is 0 Å². The highest BCUT2D eigenvalue weighted by Crippen LogP contribution is 2.19. The number of nitrogens with zero attached hydrogens (tertiary/aromatic N) is 2. The molecule has 0 aromatic heterocycles. The molecule has 4 heteroatoms. The minimum Gasteiger partial charge on any atom is -0.481 e. The fourth-order valence-electron chi connectivity index (χ4n) is 3.25. The van der Waals surface area contributed by atoms with Crippen molar-refractivity contribution in [3.63, 3.8) is 0 Å². The largest absolute Gasteiger partial charge is 0.481 e. The zero-order valence-electron chi connectivity index (χ0n) is 16.2. The molecule has 0 aliphatic heterocycles. The molecule has 0 aliphatic carbocycles. The van der Waals surface area contributed by atoms with Crippen LogP contribution in [0.2, 0.25) is 0 Å². The average Bonchev–Trinajstić information content (AvgIpc) is 2.62. The predicted molar refractivity (Wildman–Crippen MR) is 109 cm³/mol. The van der Waals surface area contributed by atoms with Gasteiger partial charge in [-0.2, -0.15) is 0 Å². The van der Waals surface area contributed by atoms with Gasteiger partial charge in [0.2, 0.25) is 0 Å². The number of likely N-dealkylation sites (N-methyl/N-ethyl adjacent to an activating group) is 1. The van der Waals surface area contributed by atoms with Gasteiger partial charge in [-0.3, -0.25) is 4.79 Å². The van der Waals surface area contributed by atoms with E-state index in [1.165, 1.54) is 16.3 Å². The Kier molecular flexibility index (Phi) is 8.59. The number of hydrogen-bond acceptors (Lipinski definition) is 3. The van der Waals surface area contributed by atoms with Gasteiger partial charge < -0.3 is 14.9 Å².